The van der Waals surface area contributed by atoms with Crippen molar-refractivity contribution in [1.82, 2.24) is 9.29 Å². The molecule has 9 nitrogen and oxygen atoms in total. The second-order valence-corrected chi connectivity index (χ2v) is 8.10. The van der Waals surface area contributed by atoms with Crippen molar-refractivity contribution < 1.29 is 27.4 Å². The highest BCUT2D eigenvalue weighted by Crippen LogP contribution is 2.33. The Bertz CT molecular complexity index is 1220. The number of anilines is 1. The van der Waals surface area contributed by atoms with Crippen molar-refractivity contribution in [3.63, 3.8) is 0 Å². The lowest BCUT2D eigenvalue weighted by Crippen LogP contribution is -2.45. The molecule has 0 fully saturated rings. The Kier molecular flexibility index (Phi) is 5.80. The number of ether oxygens (including phenoxy) is 1. The Morgan fingerprint density at radius 2 is 2.23 bits per heavy atom. The molecule has 2 aromatic rings. The first-order valence-corrected chi connectivity index (χ1v) is 10.1. The number of halogens is 1. The van der Waals surface area contributed by atoms with Crippen molar-refractivity contribution in [2.45, 2.75) is 24.0 Å². The van der Waals surface area contributed by atoms with Crippen molar-refractivity contribution in [3.8, 4) is 23.7 Å². The Balaban J connectivity index is 1.96. The number of carbonyl (C=O) groups excluding carboxylic acids is 1. The van der Waals surface area contributed by atoms with E-state index in [0.29, 0.717) is 0 Å². The minimum atomic E-state index is -4.11. The SMILES string of the molecule is CC#C[C@@H](O)[C@H]1COc2c(cn(C)c2C(=O)Nc2ccc(F)c(C#N)c2)S(=O)(=O)N1. The highest BCUT2D eigenvalue weighted by atomic mass is 32.2. The number of fused-ring (bicyclic) bond motifs is 1. The maximum atomic E-state index is 13.5. The molecule has 1 aromatic carbocycles. The molecule has 1 aliphatic heterocycles. The molecule has 2 atom stereocenters. The number of sulfonamides is 1. The van der Waals surface area contributed by atoms with E-state index in [1.165, 1.54) is 30.8 Å². The number of benzene rings is 1. The van der Waals surface area contributed by atoms with Crippen molar-refractivity contribution in [2.24, 2.45) is 7.05 Å². The highest BCUT2D eigenvalue weighted by molar-refractivity contribution is 7.89. The van der Waals surface area contributed by atoms with Crippen LogP contribution in [-0.2, 0) is 17.1 Å². The normalized spacial score (nSPS) is 17.9. The van der Waals surface area contributed by atoms with Crippen molar-refractivity contribution in [2.75, 3.05) is 11.9 Å². The maximum absolute atomic E-state index is 13.5. The van der Waals surface area contributed by atoms with E-state index < -0.39 is 33.9 Å². The van der Waals surface area contributed by atoms with Gasteiger partial charge in [0.15, 0.2) is 11.4 Å². The predicted octanol–water partition coefficient (Wildman–Crippen LogP) is 0.712. The van der Waals surface area contributed by atoms with Crippen LogP contribution in [-0.4, -0.2) is 42.8 Å². The maximum Gasteiger partial charge on any atom is 0.276 e. The number of aromatic nitrogens is 1. The van der Waals surface area contributed by atoms with Gasteiger partial charge in [-0.05, 0) is 25.1 Å². The molecule has 1 amide bonds. The first-order valence-electron chi connectivity index (χ1n) is 8.63. The van der Waals surface area contributed by atoms with Gasteiger partial charge in [0.2, 0.25) is 10.0 Å². The zero-order valence-corrected chi connectivity index (χ0v) is 16.7. The van der Waals surface area contributed by atoms with Crippen LogP contribution in [0.2, 0.25) is 0 Å². The molecule has 0 saturated carbocycles. The molecule has 156 valence electrons. The van der Waals surface area contributed by atoms with E-state index in [1.54, 1.807) is 6.07 Å². The summed E-state index contributed by atoms with van der Waals surface area (Å²) in [5.74, 6) is 3.30. The molecule has 0 spiro atoms. The van der Waals surface area contributed by atoms with Crippen LogP contribution in [0, 0.1) is 29.0 Å². The minimum Gasteiger partial charge on any atom is -0.488 e. The number of nitrogens with zero attached hydrogens (tertiary/aromatic N) is 2. The van der Waals surface area contributed by atoms with Gasteiger partial charge in [0, 0.05) is 18.9 Å². The zero-order valence-electron chi connectivity index (χ0n) is 15.9. The molecule has 0 radical (unpaired) electrons. The average Bonchev–Trinajstić information content (AvgIpc) is 2.97. The Morgan fingerprint density at radius 3 is 2.90 bits per heavy atom. The Labute approximate surface area is 172 Å². The largest absolute Gasteiger partial charge is 0.488 e. The zero-order chi connectivity index (χ0) is 22.1. The molecule has 3 rings (SSSR count). The fraction of sp³-hybridized carbons (Fsp3) is 0.263. The Hall–Kier alpha value is -3.38. The van der Waals surface area contributed by atoms with Crippen molar-refractivity contribution in [1.29, 1.82) is 5.26 Å². The first kappa shape index (κ1) is 21.3. The summed E-state index contributed by atoms with van der Waals surface area (Å²) in [4.78, 5) is 12.5. The number of amides is 1. The third-order valence-corrected chi connectivity index (χ3v) is 5.82. The molecular weight excluding hydrogens is 415 g/mol. The van der Waals surface area contributed by atoms with Gasteiger partial charge in [-0.3, -0.25) is 4.79 Å². The highest BCUT2D eigenvalue weighted by Gasteiger charge is 2.36. The number of hydrogen-bond acceptors (Lipinski definition) is 6. The first-order chi connectivity index (χ1) is 14.2. The number of nitriles is 1. The number of aliphatic hydroxyl groups excluding tert-OH is 1. The van der Waals surface area contributed by atoms with Crippen LogP contribution in [0.5, 0.6) is 5.75 Å². The summed E-state index contributed by atoms with van der Waals surface area (Å²) < 4.78 is 48.1. The van der Waals surface area contributed by atoms with E-state index in [1.807, 2.05) is 0 Å². The van der Waals surface area contributed by atoms with E-state index in [2.05, 4.69) is 21.9 Å². The lowest BCUT2D eigenvalue weighted by Gasteiger charge is -2.17. The number of aliphatic hydroxyl groups is 1. The quantitative estimate of drug-likeness (QED) is 0.612. The van der Waals surface area contributed by atoms with E-state index in [9.17, 15) is 22.7 Å². The van der Waals surface area contributed by atoms with Gasteiger partial charge in [-0.2, -0.15) is 5.26 Å². The second-order valence-electron chi connectivity index (χ2n) is 6.42. The van der Waals surface area contributed by atoms with Gasteiger partial charge < -0.3 is 19.7 Å². The van der Waals surface area contributed by atoms with Crippen LogP contribution in [0.25, 0.3) is 0 Å². The summed E-state index contributed by atoms with van der Waals surface area (Å²) in [5.41, 5.74) is -0.209. The van der Waals surface area contributed by atoms with Crippen molar-refractivity contribution in [3.05, 3.63) is 41.5 Å². The van der Waals surface area contributed by atoms with Crippen LogP contribution in [0.4, 0.5) is 10.1 Å². The van der Waals surface area contributed by atoms with Crippen LogP contribution in [0.1, 0.15) is 23.0 Å². The topological polar surface area (TPSA) is 133 Å². The van der Waals surface area contributed by atoms with Gasteiger partial charge in [0.25, 0.3) is 5.91 Å². The van der Waals surface area contributed by atoms with E-state index in [-0.39, 0.29) is 34.2 Å². The number of rotatable bonds is 3. The number of carbonyl (C=O) groups is 1. The monoisotopic (exact) mass is 432 g/mol. The molecule has 0 bridgehead atoms. The standard InChI is InChI=1S/C19H17FN4O5S/c1-3-4-15(25)14-10-29-18-16(30(27,28)23-14)9-24(2)17(18)19(26)22-12-5-6-13(20)11(7-12)8-21/h5-7,9,14-15,23,25H,10H2,1-2H3,(H,22,26)/t14-,15-/m1/s1. The van der Waals surface area contributed by atoms with E-state index in [4.69, 9.17) is 10.00 Å². The lowest BCUT2D eigenvalue weighted by atomic mass is 10.2. The third-order valence-electron chi connectivity index (χ3n) is 4.34. The molecular formula is C19H17FN4O5S. The van der Waals surface area contributed by atoms with Gasteiger partial charge in [0.05, 0.1) is 11.6 Å². The molecule has 0 aliphatic carbocycles. The summed E-state index contributed by atoms with van der Waals surface area (Å²) in [6, 6.07) is 4.09. The number of aryl methyl sites for hydroxylation is 1. The van der Waals surface area contributed by atoms with E-state index in [0.717, 1.165) is 12.1 Å². The molecule has 30 heavy (non-hydrogen) atoms. The van der Waals surface area contributed by atoms with Gasteiger partial charge in [0.1, 0.15) is 29.5 Å². The average molecular weight is 432 g/mol. The summed E-state index contributed by atoms with van der Waals surface area (Å²) in [5, 5.41) is 21.4. The number of hydrogen-bond donors (Lipinski definition) is 3. The van der Waals surface area contributed by atoms with Crippen LogP contribution in [0.15, 0.2) is 29.3 Å². The van der Waals surface area contributed by atoms with E-state index >= 15 is 0 Å². The van der Waals surface area contributed by atoms with Gasteiger partial charge >= 0.3 is 0 Å². The molecule has 3 N–H and O–H groups in total. The summed E-state index contributed by atoms with van der Waals surface area (Å²) in [6.45, 7) is 1.24. The summed E-state index contributed by atoms with van der Waals surface area (Å²) in [7, 11) is -2.65. The fourth-order valence-corrected chi connectivity index (χ4v) is 4.34. The van der Waals surface area contributed by atoms with Crippen LogP contribution < -0.4 is 14.8 Å². The minimum absolute atomic E-state index is 0.102. The summed E-state index contributed by atoms with van der Waals surface area (Å²) in [6.07, 6.45) is -0.0958. The fourth-order valence-electron chi connectivity index (χ4n) is 2.92. The molecule has 0 unspecified atom stereocenters. The molecule has 0 saturated heterocycles. The molecule has 1 aromatic heterocycles. The molecule has 1 aliphatic rings. The third kappa shape index (κ3) is 4.00. The Morgan fingerprint density at radius 1 is 1.50 bits per heavy atom. The number of nitrogens with one attached hydrogen (secondary N) is 2. The van der Waals surface area contributed by atoms with Crippen LogP contribution >= 0.6 is 0 Å². The second kappa shape index (κ2) is 8.16. The van der Waals surface area contributed by atoms with Crippen molar-refractivity contribution >= 4 is 21.6 Å². The van der Waals surface area contributed by atoms with Crippen LogP contribution in [0.3, 0.4) is 0 Å². The predicted molar refractivity (Wildman–Crippen MR) is 104 cm³/mol. The molecule has 11 heteroatoms. The molecule has 2 heterocycles. The van der Waals surface area contributed by atoms with Gasteiger partial charge in [-0.25, -0.2) is 17.5 Å². The van der Waals surface area contributed by atoms with Gasteiger partial charge in [-0.15, -0.1) is 5.92 Å². The summed E-state index contributed by atoms with van der Waals surface area (Å²) >= 11 is 0. The van der Waals surface area contributed by atoms with Gasteiger partial charge in [-0.1, -0.05) is 5.92 Å². The lowest BCUT2D eigenvalue weighted by molar-refractivity contribution is 0.101. The smallest absolute Gasteiger partial charge is 0.276 e.